The Morgan fingerprint density at radius 1 is 1.12 bits per heavy atom. The third-order valence-corrected chi connectivity index (χ3v) is 4.42. The Balaban J connectivity index is 1.64. The maximum absolute atomic E-state index is 13.6. The van der Waals surface area contributed by atoms with E-state index in [9.17, 15) is 4.39 Å². The fraction of sp³-hybridized carbons (Fsp3) is 0.600. The normalized spacial score (nSPS) is 32.4. The molecule has 2 heteroatoms. The summed E-state index contributed by atoms with van der Waals surface area (Å²) < 4.78 is 13.6. The van der Waals surface area contributed by atoms with Gasteiger partial charge in [0.25, 0.3) is 0 Å². The highest BCUT2D eigenvalue weighted by Crippen LogP contribution is 2.34. The Morgan fingerprint density at radius 3 is 2.88 bits per heavy atom. The molecule has 1 nitrogen and oxygen atoms in total. The van der Waals surface area contributed by atoms with Gasteiger partial charge < -0.3 is 5.32 Å². The highest BCUT2D eigenvalue weighted by Gasteiger charge is 2.33. The van der Waals surface area contributed by atoms with Crippen LogP contribution in [0.15, 0.2) is 24.3 Å². The fourth-order valence-electron chi connectivity index (χ4n) is 3.49. The van der Waals surface area contributed by atoms with Gasteiger partial charge in [-0.15, -0.1) is 0 Å². The quantitative estimate of drug-likeness (QED) is 0.826. The number of hydrogen-bond acceptors (Lipinski definition) is 1. The van der Waals surface area contributed by atoms with Crippen molar-refractivity contribution < 1.29 is 4.39 Å². The summed E-state index contributed by atoms with van der Waals surface area (Å²) in [5.41, 5.74) is 0.862. The third kappa shape index (κ3) is 2.37. The number of benzene rings is 1. The molecule has 0 aromatic heterocycles. The van der Waals surface area contributed by atoms with Gasteiger partial charge in [-0.3, -0.25) is 0 Å². The Labute approximate surface area is 102 Å². The van der Waals surface area contributed by atoms with Crippen molar-refractivity contribution in [3.8, 4) is 0 Å². The van der Waals surface area contributed by atoms with E-state index in [0.29, 0.717) is 12.1 Å². The maximum atomic E-state index is 13.6. The summed E-state index contributed by atoms with van der Waals surface area (Å²) in [5, 5.41) is 3.72. The molecule has 2 aliphatic rings. The van der Waals surface area contributed by atoms with Crippen LogP contribution in [0, 0.1) is 11.7 Å². The zero-order chi connectivity index (χ0) is 11.7. The molecule has 3 rings (SSSR count). The summed E-state index contributed by atoms with van der Waals surface area (Å²) in [5.74, 6) is 0.842. The molecule has 0 spiro atoms. The first-order valence-corrected chi connectivity index (χ1v) is 6.82. The molecule has 17 heavy (non-hydrogen) atoms. The number of fused-ring (bicyclic) bond motifs is 1. The average molecular weight is 233 g/mol. The Kier molecular flexibility index (Phi) is 3.15. The molecule has 1 aliphatic heterocycles. The Hall–Kier alpha value is -0.890. The van der Waals surface area contributed by atoms with Crippen molar-refractivity contribution in [1.82, 2.24) is 5.32 Å². The van der Waals surface area contributed by atoms with Crippen molar-refractivity contribution in [2.75, 3.05) is 0 Å². The number of piperidine rings is 1. The molecule has 1 aliphatic carbocycles. The molecule has 3 unspecified atom stereocenters. The highest BCUT2D eigenvalue weighted by atomic mass is 19.1. The summed E-state index contributed by atoms with van der Waals surface area (Å²) >= 11 is 0. The van der Waals surface area contributed by atoms with Gasteiger partial charge in [0.15, 0.2) is 0 Å². The molecule has 3 atom stereocenters. The highest BCUT2D eigenvalue weighted by molar-refractivity contribution is 5.18. The van der Waals surface area contributed by atoms with Crippen molar-refractivity contribution in [1.29, 1.82) is 0 Å². The topological polar surface area (TPSA) is 12.0 Å². The van der Waals surface area contributed by atoms with Crippen LogP contribution in [-0.4, -0.2) is 12.1 Å². The van der Waals surface area contributed by atoms with Crippen LogP contribution in [0.5, 0.6) is 0 Å². The van der Waals surface area contributed by atoms with E-state index in [4.69, 9.17) is 0 Å². The maximum Gasteiger partial charge on any atom is 0.126 e. The third-order valence-electron chi connectivity index (χ3n) is 4.42. The smallest absolute Gasteiger partial charge is 0.126 e. The summed E-state index contributed by atoms with van der Waals surface area (Å²) in [6.07, 6.45) is 7.46. The Bertz CT molecular complexity index is 390. The minimum absolute atomic E-state index is 0.0529. The van der Waals surface area contributed by atoms with Crippen LogP contribution in [0.4, 0.5) is 4.39 Å². The molecular formula is C15H20FN. The van der Waals surface area contributed by atoms with Crippen molar-refractivity contribution in [3.63, 3.8) is 0 Å². The average Bonchev–Trinajstić information content (AvgIpc) is 2.79. The first kappa shape index (κ1) is 11.2. The molecule has 0 amide bonds. The molecule has 1 saturated carbocycles. The van der Waals surface area contributed by atoms with Crippen molar-refractivity contribution in [3.05, 3.63) is 35.6 Å². The van der Waals surface area contributed by atoms with E-state index in [0.717, 1.165) is 17.9 Å². The summed E-state index contributed by atoms with van der Waals surface area (Å²) in [4.78, 5) is 0. The second kappa shape index (κ2) is 4.77. The van der Waals surface area contributed by atoms with Gasteiger partial charge in [-0.05, 0) is 49.7 Å². The lowest BCUT2D eigenvalue weighted by molar-refractivity contribution is 0.256. The minimum atomic E-state index is -0.0529. The number of halogens is 1. The van der Waals surface area contributed by atoms with Gasteiger partial charge in [0.05, 0.1) is 0 Å². The van der Waals surface area contributed by atoms with E-state index in [-0.39, 0.29) is 5.82 Å². The molecule has 0 bridgehead atoms. The van der Waals surface area contributed by atoms with E-state index in [1.165, 1.54) is 32.1 Å². The van der Waals surface area contributed by atoms with E-state index >= 15 is 0 Å². The zero-order valence-corrected chi connectivity index (χ0v) is 10.2. The first-order valence-electron chi connectivity index (χ1n) is 6.82. The van der Waals surface area contributed by atoms with Gasteiger partial charge in [0.2, 0.25) is 0 Å². The molecule has 2 fully saturated rings. The lowest BCUT2D eigenvalue weighted by atomic mass is 9.87. The fourth-order valence-corrected chi connectivity index (χ4v) is 3.49. The molecule has 1 saturated heterocycles. The number of rotatable bonds is 2. The van der Waals surface area contributed by atoms with Gasteiger partial charge in [0, 0.05) is 12.1 Å². The van der Waals surface area contributed by atoms with E-state index in [2.05, 4.69) is 5.32 Å². The van der Waals surface area contributed by atoms with Crippen molar-refractivity contribution in [2.24, 2.45) is 5.92 Å². The van der Waals surface area contributed by atoms with Crippen LogP contribution in [-0.2, 0) is 6.42 Å². The van der Waals surface area contributed by atoms with Gasteiger partial charge in [-0.2, -0.15) is 0 Å². The summed E-state index contributed by atoms with van der Waals surface area (Å²) in [6, 6.07) is 8.36. The molecule has 1 aromatic carbocycles. The first-order chi connectivity index (χ1) is 8.33. The number of nitrogens with one attached hydrogen (secondary N) is 1. The van der Waals surface area contributed by atoms with Gasteiger partial charge in [-0.1, -0.05) is 24.6 Å². The SMILES string of the molecule is Fc1ccccc1CC1CCC2CCCC2N1. The van der Waals surface area contributed by atoms with E-state index < -0.39 is 0 Å². The Morgan fingerprint density at radius 2 is 2.00 bits per heavy atom. The van der Waals surface area contributed by atoms with Crippen molar-refractivity contribution in [2.45, 2.75) is 50.6 Å². The lowest BCUT2D eigenvalue weighted by Crippen LogP contribution is -2.46. The van der Waals surface area contributed by atoms with Gasteiger partial charge >= 0.3 is 0 Å². The predicted molar refractivity (Wildman–Crippen MR) is 67.4 cm³/mol. The minimum Gasteiger partial charge on any atom is -0.311 e. The largest absolute Gasteiger partial charge is 0.311 e. The van der Waals surface area contributed by atoms with Gasteiger partial charge in [-0.25, -0.2) is 4.39 Å². The summed E-state index contributed by atoms with van der Waals surface area (Å²) in [7, 11) is 0. The van der Waals surface area contributed by atoms with Crippen LogP contribution in [0.1, 0.15) is 37.7 Å². The second-order valence-electron chi connectivity index (χ2n) is 5.53. The standard InChI is InChI=1S/C15H20FN/c16-14-6-2-1-4-12(14)10-13-9-8-11-5-3-7-15(11)17-13/h1-2,4,6,11,13,15,17H,3,5,7-10H2. The van der Waals surface area contributed by atoms with Gasteiger partial charge in [0.1, 0.15) is 5.82 Å². The van der Waals surface area contributed by atoms with Crippen LogP contribution >= 0.6 is 0 Å². The molecule has 0 radical (unpaired) electrons. The van der Waals surface area contributed by atoms with Crippen molar-refractivity contribution >= 4 is 0 Å². The second-order valence-corrected chi connectivity index (χ2v) is 5.53. The lowest BCUT2D eigenvalue weighted by Gasteiger charge is -2.33. The van der Waals surface area contributed by atoms with Crippen LogP contribution in [0.3, 0.4) is 0 Å². The van der Waals surface area contributed by atoms with Crippen LogP contribution < -0.4 is 5.32 Å². The molecule has 1 aromatic rings. The molecular weight excluding hydrogens is 213 g/mol. The number of hydrogen-bond donors (Lipinski definition) is 1. The summed E-state index contributed by atoms with van der Waals surface area (Å²) in [6.45, 7) is 0. The zero-order valence-electron chi connectivity index (χ0n) is 10.2. The van der Waals surface area contributed by atoms with Crippen LogP contribution in [0.2, 0.25) is 0 Å². The van der Waals surface area contributed by atoms with E-state index in [1.54, 1.807) is 12.1 Å². The molecule has 1 N–H and O–H groups in total. The van der Waals surface area contributed by atoms with E-state index in [1.807, 2.05) is 12.1 Å². The monoisotopic (exact) mass is 233 g/mol. The molecule has 1 heterocycles. The van der Waals surface area contributed by atoms with Crippen LogP contribution in [0.25, 0.3) is 0 Å². The predicted octanol–water partition coefficient (Wildman–Crippen LogP) is 3.29. The molecule has 92 valence electrons.